The summed E-state index contributed by atoms with van der Waals surface area (Å²) in [6.45, 7) is 2.31. The number of aryl methyl sites for hydroxylation is 1. The van der Waals surface area contributed by atoms with Crippen LogP contribution < -0.4 is 5.32 Å². The molecule has 0 spiro atoms. The molecule has 34 heavy (non-hydrogen) atoms. The molecule has 1 saturated carbocycles. The topological polar surface area (TPSA) is 94.6 Å². The highest BCUT2D eigenvalue weighted by atomic mass is 32.2. The molecule has 2 amide bonds. The lowest BCUT2D eigenvalue weighted by Crippen LogP contribution is -2.29. The Morgan fingerprint density at radius 2 is 1.88 bits per heavy atom. The van der Waals surface area contributed by atoms with Crippen LogP contribution in [-0.2, 0) is 20.7 Å². The van der Waals surface area contributed by atoms with Crippen LogP contribution >= 0.6 is 11.8 Å². The molecular weight excluding hydrogens is 452 g/mol. The van der Waals surface area contributed by atoms with Crippen LogP contribution in [-0.4, -0.2) is 40.1 Å². The Morgan fingerprint density at radius 3 is 2.50 bits per heavy atom. The molecule has 1 unspecified atom stereocenters. The van der Waals surface area contributed by atoms with E-state index >= 15 is 0 Å². The number of thioether (sulfide) groups is 1. The van der Waals surface area contributed by atoms with Gasteiger partial charge in [-0.15, -0.1) is 0 Å². The fourth-order valence-electron chi connectivity index (χ4n) is 4.41. The number of nitrogens with one attached hydrogen (secondary N) is 1. The van der Waals surface area contributed by atoms with Gasteiger partial charge in [0, 0.05) is 17.5 Å². The van der Waals surface area contributed by atoms with Crippen LogP contribution in [0.5, 0.6) is 0 Å². The smallest absolute Gasteiger partial charge is 0.338 e. The van der Waals surface area contributed by atoms with Crippen LogP contribution in [0.25, 0.3) is 0 Å². The maximum Gasteiger partial charge on any atom is 0.338 e. The summed E-state index contributed by atoms with van der Waals surface area (Å²) in [5.41, 5.74) is 2.29. The van der Waals surface area contributed by atoms with Crippen molar-refractivity contribution in [2.24, 2.45) is 5.92 Å². The van der Waals surface area contributed by atoms with Crippen LogP contribution in [0.2, 0.25) is 0 Å². The SMILES string of the molecule is CCc1ccc([C@H](COC2CCC(CC3SC(=O)NC3=O)CC2)OC(=O)c2ccccc2)cn1. The van der Waals surface area contributed by atoms with Crippen LogP contribution in [0.3, 0.4) is 0 Å². The first kappa shape index (κ1) is 24.4. The first-order valence-corrected chi connectivity index (χ1v) is 12.7. The molecule has 1 saturated heterocycles. The van der Waals surface area contributed by atoms with Crippen molar-refractivity contribution in [1.82, 2.24) is 10.3 Å². The highest BCUT2D eigenvalue weighted by Gasteiger charge is 2.35. The molecule has 1 N–H and O–H groups in total. The number of rotatable bonds is 9. The highest BCUT2D eigenvalue weighted by Crippen LogP contribution is 2.34. The maximum absolute atomic E-state index is 12.7. The lowest BCUT2D eigenvalue weighted by molar-refractivity contribution is -0.119. The molecule has 2 aromatic rings. The third-order valence-corrected chi connectivity index (χ3v) is 7.44. The summed E-state index contributed by atoms with van der Waals surface area (Å²) < 4.78 is 12.0. The fourth-order valence-corrected chi connectivity index (χ4v) is 5.37. The van der Waals surface area contributed by atoms with E-state index in [4.69, 9.17) is 9.47 Å². The van der Waals surface area contributed by atoms with Gasteiger partial charge in [-0.05, 0) is 62.6 Å². The molecular formula is C26H30N2O5S. The van der Waals surface area contributed by atoms with Crippen LogP contribution in [0.1, 0.15) is 66.7 Å². The van der Waals surface area contributed by atoms with E-state index in [1.54, 1.807) is 18.3 Å². The Balaban J connectivity index is 1.32. The summed E-state index contributed by atoms with van der Waals surface area (Å²) in [6.07, 6.45) is 6.50. The van der Waals surface area contributed by atoms with Crippen molar-refractivity contribution in [3.8, 4) is 0 Å². The van der Waals surface area contributed by atoms with Gasteiger partial charge in [-0.25, -0.2) is 4.79 Å². The average molecular weight is 483 g/mol. The zero-order chi connectivity index (χ0) is 23.9. The molecule has 8 heteroatoms. The number of amides is 2. The van der Waals surface area contributed by atoms with E-state index in [2.05, 4.69) is 10.3 Å². The largest absolute Gasteiger partial charge is 0.451 e. The van der Waals surface area contributed by atoms with Crippen molar-refractivity contribution in [2.45, 2.75) is 62.9 Å². The van der Waals surface area contributed by atoms with Crippen LogP contribution in [0.4, 0.5) is 4.79 Å². The van der Waals surface area contributed by atoms with Crippen molar-refractivity contribution >= 4 is 28.9 Å². The van der Waals surface area contributed by atoms with Crippen molar-refractivity contribution < 1.29 is 23.9 Å². The maximum atomic E-state index is 12.7. The number of imide groups is 1. The van der Waals surface area contributed by atoms with Gasteiger partial charge >= 0.3 is 5.97 Å². The molecule has 2 aliphatic rings. The second-order valence-electron chi connectivity index (χ2n) is 8.79. The number of carbonyl (C=O) groups excluding carboxylic acids is 3. The van der Waals surface area contributed by atoms with Gasteiger partial charge in [-0.3, -0.25) is 19.9 Å². The Hall–Kier alpha value is -2.71. The number of hydrogen-bond donors (Lipinski definition) is 1. The van der Waals surface area contributed by atoms with Gasteiger partial charge in [-0.1, -0.05) is 43.0 Å². The van der Waals surface area contributed by atoms with Gasteiger partial charge in [0.1, 0.15) is 0 Å². The van der Waals surface area contributed by atoms with Gasteiger partial charge in [-0.2, -0.15) is 0 Å². The van der Waals surface area contributed by atoms with Crippen LogP contribution in [0, 0.1) is 5.92 Å². The van der Waals surface area contributed by atoms with Crippen molar-refractivity contribution in [3.05, 3.63) is 65.5 Å². The number of hydrogen-bond acceptors (Lipinski definition) is 7. The minimum Gasteiger partial charge on any atom is -0.451 e. The predicted molar refractivity (Wildman–Crippen MR) is 129 cm³/mol. The first-order valence-electron chi connectivity index (χ1n) is 11.9. The van der Waals surface area contributed by atoms with Crippen molar-refractivity contribution in [3.63, 3.8) is 0 Å². The van der Waals surface area contributed by atoms with E-state index in [-0.39, 0.29) is 35.1 Å². The molecule has 1 aliphatic carbocycles. The summed E-state index contributed by atoms with van der Waals surface area (Å²) >= 11 is 1.10. The minimum atomic E-state index is -0.548. The summed E-state index contributed by atoms with van der Waals surface area (Å²) in [4.78, 5) is 40.4. The van der Waals surface area contributed by atoms with Crippen molar-refractivity contribution in [2.75, 3.05) is 6.61 Å². The number of pyridine rings is 1. The van der Waals surface area contributed by atoms with E-state index in [0.717, 1.165) is 61.5 Å². The van der Waals surface area contributed by atoms with E-state index < -0.39 is 6.10 Å². The molecule has 1 aromatic carbocycles. The normalized spacial score (nSPS) is 23.4. The summed E-state index contributed by atoms with van der Waals surface area (Å²) in [5.74, 6) is -0.148. The molecule has 2 atom stereocenters. The third-order valence-electron chi connectivity index (χ3n) is 6.43. The van der Waals surface area contributed by atoms with Gasteiger partial charge in [0.05, 0.1) is 23.5 Å². The Morgan fingerprint density at radius 1 is 1.12 bits per heavy atom. The van der Waals surface area contributed by atoms with Gasteiger partial charge < -0.3 is 9.47 Å². The molecule has 1 aromatic heterocycles. The summed E-state index contributed by atoms with van der Waals surface area (Å²) in [6, 6.07) is 12.8. The predicted octanol–water partition coefficient (Wildman–Crippen LogP) is 4.86. The number of benzene rings is 1. The number of ether oxygens (including phenoxy) is 2. The number of esters is 1. The Bertz CT molecular complexity index is 990. The standard InChI is InChI=1S/C26H30N2O5S/c1-2-20-11-10-19(15-27-20)22(33-25(30)18-6-4-3-5-7-18)16-32-21-12-8-17(9-13-21)14-23-24(29)28-26(31)34-23/h3-7,10-11,15,17,21-23H,2,8-9,12-14,16H2,1H3,(H,28,29,31)/t17?,21?,22-,23?/m0/s1. The molecule has 4 rings (SSSR count). The highest BCUT2D eigenvalue weighted by molar-refractivity contribution is 8.15. The first-order chi connectivity index (χ1) is 16.5. The molecule has 180 valence electrons. The van der Waals surface area contributed by atoms with Gasteiger partial charge in [0.15, 0.2) is 6.10 Å². The van der Waals surface area contributed by atoms with Gasteiger partial charge in [0.25, 0.3) is 5.24 Å². The lowest BCUT2D eigenvalue weighted by atomic mass is 9.84. The van der Waals surface area contributed by atoms with Crippen molar-refractivity contribution in [1.29, 1.82) is 0 Å². The fraction of sp³-hybridized carbons (Fsp3) is 0.462. The number of aromatic nitrogens is 1. The quantitative estimate of drug-likeness (QED) is 0.510. The third kappa shape index (κ3) is 6.45. The second kappa shape index (κ2) is 11.6. The number of carbonyl (C=O) groups is 3. The van der Waals surface area contributed by atoms with E-state index in [0.29, 0.717) is 11.5 Å². The molecule has 2 heterocycles. The zero-order valence-corrected chi connectivity index (χ0v) is 20.1. The second-order valence-corrected chi connectivity index (χ2v) is 9.97. The van der Waals surface area contributed by atoms with E-state index in [9.17, 15) is 14.4 Å². The molecule has 2 fully saturated rings. The zero-order valence-electron chi connectivity index (χ0n) is 19.3. The average Bonchev–Trinajstić information content (AvgIpc) is 3.19. The van der Waals surface area contributed by atoms with E-state index in [1.807, 2.05) is 37.3 Å². The minimum absolute atomic E-state index is 0.0729. The Kier molecular flexibility index (Phi) is 8.34. The van der Waals surface area contributed by atoms with E-state index in [1.165, 1.54) is 0 Å². The molecule has 7 nitrogen and oxygen atoms in total. The summed E-state index contributed by atoms with van der Waals surface area (Å²) in [7, 11) is 0. The molecule has 1 aliphatic heterocycles. The molecule has 0 radical (unpaired) electrons. The number of nitrogens with zero attached hydrogens (tertiary/aromatic N) is 1. The Labute approximate surface area is 204 Å². The van der Waals surface area contributed by atoms with Gasteiger partial charge in [0.2, 0.25) is 5.91 Å². The monoisotopic (exact) mass is 482 g/mol. The lowest BCUT2D eigenvalue weighted by Gasteiger charge is -2.30. The summed E-state index contributed by atoms with van der Waals surface area (Å²) in [5, 5.41) is 1.85. The van der Waals surface area contributed by atoms with Crippen LogP contribution in [0.15, 0.2) is 48.7 Å². The molecule has 0 bridgehead atoms.